The van der Waals surface area contributed by atoms with Crippen LogP contribution in [-0.2, 0) is 13.6 Å². The van der Waals surface area contributed by atoms with Crippen molar-refractivity contribution in [3.8, 4) is 0 Å². The molecule has 0 aliphatic rings. The van der Waals surface area contributed by atoms with Gasteiger partial charge in [0.25, 0.3) is 0 Å². The Hall–Kier alpha value is -0.380. The normalized spacial score (nSPS) is 17.1. The second kappa shape index (κ2) is 6.98. The lowest BCUT2D eigenvalue weighted by molar-refractivity contribution is 0.192. The number of hydrogen-bond acceptors (Lipinski definition) is 5. The van der Waals surface area contributed by atoms with Crippen molar-refractivity contribution in [1.29, 1.82) is 0 Å². The zero-order valence-electron chi connectivity index (χ0n) is 8.98. The molecule has 0 radical (unpaired) electrons. The van der Waals surface area contributed by atoms with Gasteiger partial charge in [0.15, 0.2) is 0 Å². The molecule has 0 heterocycles. The quantitative estimate of drug-likeness (QED) is 0.324. The number of nitrogens with zero attached hydrogens (tertiary/aromatic N) is 1. The van der Waals surface area contributed by atoms with E-state index in [0.717, 1.165) is 0 Å². The maximum absolute atomic E-state index is 11.2. The highest BCUT2D eigenvalue weighted by Crippen LogP contribution is 2.27. The van der Waals surface area contributed by atoms with Gasteiger partial charge in [0.2, 0.25) is 0 Å². The largest absolute Gasteiger partial charge is 0.411 e. The molecule has 0 rings (SSSR count). The van der Waals surface area contributed by atoms with Crippen LogP contribution in [0.25, 0.3) is 0 Å². The highest BCUT2D eigenvalue weighted by Gasteiger charge is 2.11. The van der Waals surface area contributed by atoms with Crippen LogP contribution in [0.3, 0.4) is 0 Å². The maximum atomic E-state index is 11.2. The van der Waals surface area contributed by atoms with Crippen molar-refractivity contribution in [1.82, 2.24) is 0 Å². The molecule has 0 amide bonds. The summed E-state index contributed by atoms with van der Waals surface area (Å²) < 4.78 is 21.1. The highest BCUT2D eigenvalue weighted by molar-refractivity contribution is 7.33. The van der Waals surface area contributed by atoms with Gasteiger partial charge in [0.1, 0.15) is 6.10 Å². The summed E-state index contributed by atoms with van der Waals surface area (Å²) in [5.74, 6) is 0.315. The van der Waals surface area contributed by atoms with E-state index in [-0.39, 0.29) is 0 Å². The van der Waals surface area contributed by atoms with Crippen LogP contribution in [0.4, 0.5) is 0 Å². The summed E-state index contributed by atoms with van der Waals surface area (Å²) in [5.41, 5.74) is 0.372. The van der Waals surface area contributed by atoms with Crippen molar-refractivity contribution in [2.45, 2.75) is 33.8 Å². The summed E-state index contributed by atoms with van der Waals surface area (Å²) in [5, 5.41) is 11.4. The molecule has 0 aromatic carbocycles. The smallest absolute Gasteiger partial charge is 0.319 e. The highest BCUT2D eigenvalue weighted by atomic mass is 31.1. The van der Waals surface area contributed by atoms with E-state index in [9.17, 15) is 4.57 Å². The third-order valence-electron chi connectivity index (χ3n) is 1.55. The zero-order chi connectivity index (χ0) is 11.1. The molecule has 6 heteroatoms. The lowest BCUT2D eigenvalue weighted by Gasteiger charge is -2.12. The minimum Gasteiger partial charge on any atom is -0.411 e. The SMILES string of the molecule is CC(=NO)C(C)O[PH](=O)OCC(C)C. The van der Waals surface area contributed by atoms with Gasteiger partial charge in [-0.2, -0.15) is 0 Å². The molecule has 0 saturated heterocycles. The molecule has 14 heavy (non-hydrogen) atoms. The molecule has 0 saturated carbocycles. The van der Waals surface area contributed by atoms with E-state index in [2.05, 4.69) is 5.16 Å². The van der Waals surface area contributed by atoms with Crippen molar-refractivity contribution >= 4 is 14.0 Å². The second-order valence-corrected chi connectivity index (χ2v) is 4.48. The van der Waals surface area contributed by atoms with E-state index < -0.39 is 14.4 Å². The van der Waals surface area contributed by atoms with E-state index in [1.165, 1.54) is 0 Å². The topological polar surface area (TPSA) is 68.1 Å². The van der Waals surface area contributed by atoms with Crippen LogP contribution >= 0.6 is 8.25 Å². The minimum absolute atomic E-state index is 0.315. The Bertz CT molecular complexity index is 217. The Balaban J connectivity index is 3.83. The third kappa shape index (κ3) is 6.13. The van der Waals surface area contributed by atoms with E-state index in [4.69, 9.17) is 14.3 Å². The van der Waals surface area contributed by atoms with Crippen LogP contribution < -0.4 is 0 Å². The third-order valence-corrected chi connectivity index (χ3v) is 2.50. The molecule has 5 nitrogen and oxygen atoms in total. The summed E-state index contributed by atoms with van der Waals surface area (Å²) >= 11 is 0. The zero-order valence-corrected chi connectivity index (χ0v) is 9.98. The van der Waals surface area contributed by atoms with Gasteiger partial charge < -0.3 is 14.3 Å². The molecule has 1 N–H and O–H groups in total. The first-order chi connectivity index (χ1) is 6.47. The first kappa shape index (κ1) is 13.6. The van der Waals surface area contributed by atoms with E-state index in [0.29, 0.717) is 18.2 Å². The number of oxime groups is 1. The average molecular weight is 223 g/mol. The summed E-state index contributed by atoms with van der Waals surface area (Å²) in [6.45, 7) is 7.55. The first-order valence-electron chi connectivity index (χ1n) is 4.49. The minimum atomic E-state index is -2.48. The van der Waals surface area contributed by atoms with E-state index >= 15 is 0 Å². The van der Waals surface area contributed by atoms with Crippen molar-refractivity contribution in [3.05, 3.63) is 0 Å². The Morgan fingerprint density at radius 3 is 2.50 bits per heavy atom. The maximum Gasteiger partial charge on any atom is 0.319 e. The monoisotopic (exact) mass is 223 g/mol. The molecule has 84 valence electrons. The molecular weight excluding hydrogens is 205 g/mol. The van der Waals surface area contributed by atoms with Crippen LogP contribution in [0.15, 0.2) is 5.16 Å². The Labute approximate surface area is 85.0 Å². The summed E-state index contributed by atoms with van der Waals surface area (Å²) in [4.78, 5) is 0. The molecule has 0 spiro atoms. The van der Waals surface area contributed by atoms with E-state index in [1.54, 1.807) is 13.8 Å². The van der Waals surface area contributed by atoms with Crippen LogP contribution in [0.2, 0.25) is 0 Å². The molecule has 2 atom stereocenters. The molecule has 0 aliphatic carbocycles. The standard InChI is InChI=1S/C8H18NO4P/c1-6(2)5-12-14(11)13-8(4)7(3)9-10/h6,8,10,14H,5H2,1-4H3. The Morgan fingerprint density at radius 2 is 2.07 bits per heavy atom. The molecular formula is C8H18NO4P. The fraction of sp³-hybridized carbons (Fsp3) is 0.875. The van der Waals surface area contributed by atoms with Crippen LogP contribution in [0.5, 0.6) is 0 Å². The van der Waals surface area contributed by atoms with Gasteiger partial charge in [0.05, 0.1) is 12.3 Å². The van der Waals surface area contributed by atoms with E-state index in [1.807, 2.05) is 13.8 Å². The van der Waals surface area contributed by atoms with Crippen LogP contribution in [0, 0.1) is 5.92 Å². The predicted octanol–water partition coefficient (Wildman–Crippen LogP) is 2.30. The summed E-state index contributed by atoms with van der Waals surface area (Å²) in [6.07, 6.45) is -0.487. The van der Waals surface area contributed by atoms with Crippen LogP contribution in [0.1, 0.15) is 27.7 Å². The molecule has 0 aromatic rings. The lowest BCUT2D eigenvalue weighted by atomic mass is 10.2. The average Bonchev–Trinajstić information content (AvgIpc) is 2.13. The van der Waals surface area contributed by atoms with Gasteiger partial charge in [-0.25, -0.2) is 0 Å². The molecule has 0 aromatic heterocycles. The summed E-state index contributed by atoms with van der Waals surface area (Å²) in [7, 11) is -2.48. The molecule has 0 bridgehead atoms. The fourth-order valence-electron chi connectivity index (χ4n) is 0.580. The summed E-state index contributed by atoms with van der Waals surface area (Å²) in [6, 6.07) is 0. The number of rotatable bonds is 6. The van der Waals surface area contributed by atoms with Gasteiger partial charge in [-0.15, -0.1) is 0 Å². The second-order valence-electron chi connectivity index (χ2n) is 3.46. The van der Waals surface area contributed by atoms with Crippen molar-refractivity contribution in [2.75, 3.05) is 6.61 Å². The number of hydrogen-bond donors (Lipinski definition) is 1. The lowest BCUT2D eigenvalue weighted by Crippen LogP contribution is -2.15. The van der Waals surface area contributed by atoms with Crippen LogP contribution in [-0.4, -0.2) is 23.6 Å². The molecule has 0 fully saturated rings. The molecule has 2 unspecified atom stereocenters. The predicted molar refractivity (Wildman–Crippen MR) is 55.2 cm³/mol. The Kier molecular flexibility index (Phi) is 6.79. The van der Waals surface area contributed by atoms with Crippen molar-refractivity contribution in [3.63, 3.8) is 0 Å². The van der Waals surface area contributed by atoms with Crippen molar-refractivity contribution < 1.29 is 18.8 Å². The van der Waals surface area contributed by atoms with Gasteiger partial charge in [-0.05, 0) is 19.8 Å². The molecule has 0 aliphatic heterocycles. The van der Waals surface area contributed by atoms with Gasteiger partial charge in [-0.1, -0.05) is 19.0 Å². The van der Waals surface area contributed by atoms with Gasteiger partial charge in [-0.3, -0.25) is 4.57 Å². The first-order valence-corrected chi connectivity index (χ1v) is 5.71. The van der Waals surface area contributed by atoms with Gasteiger partial charge >= 0.3 is 8.25 Å². The fourth-order valence-corrected chi connectivity index (χ4v) is 1.58. The van der Waals surface area contributed by atoms with Gasteiger partial charge in [0, 0.05) is 0 Å². The Morgan fingerprint density at radius 1 is 1.50 bits per heavy atom. The van der Waals surface area contributed by atoms with Crippen molar-refractivity contribution in [2.24, 2.45) is 11.1 Å².